The van der Waals surface area contributed by atoms with Gasteiger partial charge in [0.25, 0.3) is 0 Å². The van der Waals surface area contributed by atoms with E-state index in [2.05, 4.69) is 16.2 Å². The molecule has 1 aromatic carbocycles. The van der Waals surface area contributed by atoms with Crippen LogP contribution in [0.2, 0.25) is 0 Å². The molecule has 148 valence electrons. The van der Waals surface area contributed by atoms with Gasteiger partial charge in [0.15, 0.2) is 5.69 Å². The highest BCUT2D eigenvalue weighted by atomic mass is 16.6. The fraction of sp³-hybridized carbons (Fsp3) is 0.286. The summed E-state index contributed by atoms with van der Waals surface area (Å²) < 4.78 is 11.7. The molecule has 0 bridgehead atoms. The Balaban J connectivity index is 1.87. The molecule has 2 heterocycles. The maximum absolute atomic E-state index is 12.2. The van der Waals surface area contributed by atoms with Crippen LogP contribution in [0.5, 0.6) is 0 Å². The Hall–Kier alpha value is -3.73. The molecular weight excluding hydrogens is 372 g/mol. The number of nitriles is 1. The highest BCUT2D eigenvalue weighted by Gasteiger charge is 2.15. The van der Waals surface area contributed by atoms with E-state index in [0.717, 1.165) is 16.5 Å². The molecule has 0 aliphatic rings. The minimum Gasteiger partial charge on any atom is -0.462 e. The van der Waals surface area contributed by atoms with E-state index in [1.807, 2.05) is 36.7 Å². The lowest BCUT2D eigenvalue weighted by Gasteiger charge is -2.08. The summed E-state index contributed by atoms with van der Waals surface area (Å²) in [5, 5.41) is 14.5. The van der Waals surface area contributed by atoms with E-state index in [-0.39, 0.29) is 19.3 Å². The Bertz CT molecular complexity index is 1110. The van der Waals surface area contributed by atoms with E-state index in [9.17, 15) is 14.9 Å². The van der Waals surface area contributed by atoms with Gasteiger partial charge < -0.3 is 9.47 Å². The molecular formula is C21H20N4O4. The Morgan fingerprint density at radius 2 is 1.93 bits per heavy atom. The smallest absolute Gasteiger partial charge is 0.338 e. The van der Waals surface area contributed by atoms with Crippen molar-refractivity contribution < 1.29 is 19.1 Å². The van der Waals surface area contributed by atoms with Crippen molar-refractivity contribution in [1.29, 1.82) is 5.26 Å². The summed E-state index contributed by atoms with van der Waals surface area (Å²) in [5.41, 5.74) is 2.86. The molecule has 3 aromatic rings. The van der Waals surface area contributed by atoms with Gasteiger partial charge in [0, 0.05) is 30.1 Å². The summed E-state index contributed by atoms with van der Waals surface area (Å²) >= 11 is 0. The van der Waals surface area contributed by atoms with Gasteiger partial charge in [0.05, 0.1) is 16.8 Å². The minimum atomic E-state index is -0.535. The third-order valence-electron chi connectivity index (χ3n) is 4.21. The van der Waals surface area contributed by atoms with Crippen LogP contribution >= 0.6 is 0 Å². The average molecular weight is 392 g/mol. The first-order valence-electron chi connectivity index (χ1n) is 9.10. The maximum atomic E-state index is 12.2. The molecule has 0 aliphatic carbocycles. The van der Waals surface area contributed by atoms with Gasteiger partial charge in [-0.1, -0.05) is 6.07 Å². The number of esters is 2. The van der Waals surface area contributed by atoms with Gasteiger partial charge in [-0.15, -0.1) is 0 Å². The predicted molar refractivity (Wildman–Crippen MR) is 105 cm³/mol. The van der Waals surface area contributed by atoms with Crippen molar-refractivity contribution in [2.45, 2.75) is 26.8 Å². The van der Waals surface area contributed by atoms with Crippen molar-refractivity contribution in [3.05, 3.63) is 47.8 Å². The van der Waals surface area contributed by atoms with E-state index in [1.165, 1.54) is 13.1 Å². The third kappa shape index (κ3) is 4.41. The number of nitrogens with zero attached hydrogens (tertiary/aromatic N) is 4. The van der Waals surface area contributed by atoms with Gasteiger partial charge in [0.2, 0.25) is 0 Å². The van der Waals surface area contributed by atoms with Crippen LogP contribution in [0.4, 0.5) is 0 Å². The molecule has 0 unspecified atom stereocenters. The Kier molecular flexibility index (Phi) is 5.88. The zero-order valence-corrected chi connectivity index (χ0v) is 16.4. The molecule has 8 nitrogen and oxygen atoms in total. The molecule has 0 spiro atoms. The van der Waals surface area contributed by atoms with Gasteiger partial charge in [0.1, 0.15) is 19.3 Å². The summed E-state index contributed by atoms with van der Waals surface area (Å²) in [4.78, 5) is 27.3. The molecule has 2 aromatic heterocycles. The van der Waals surface area contributed by atoms with Crippen molar-refractivity contribution in [2.24, 2.45) is 0 Å². The normalized spacial score (nSPS) is 10.7. The Morgan fingerprint density at radius 3 is 2.62 bits per heavy atom. The SMILES string of the molecule is CC(=O)OCCOC(=O)c1ccnc(-c2ccc3c(c2)c(C#N)nn3C(C)C)c1. The number of carbonyl (C=O) groups excluding carboxylic acids is 2. The zero-order chi connectivity index (χ0) is 21.0. The quantitative estimate of drug-likeness (QED) is 0.468. The van der Waals surface area contributed by atoms with Crippen LogP contribution in [-0.2, 0) is 14.3 Å². The van der Waals surface area contributed by atoms with E-state index >= 15 is 0 Å². The van der Waals surface area contributed by atoms with Crippen molar-refractivity contribution >= 4 is 22.8 Å². The predicted octanol–water partition coefficient (Wildman–Crippen LogP) is 3.27. The molecule has 8 heteroatoms. The molecule has 0 saturated carbocycles. The lowest BCUT2D eigenvalue weighted by molar-refractivity contribution is -0.142. The van der Waals surface area contributed by atoms with Crippen LogP contribution in [0.15, 0.2) is 36.5 Å². The number of benzene rings is 1. The number of hydrogen-bond donors (Lipinski definition) is 0. The van der Waals surface area contributed by atoms with E-state index in [4.69, 9.17) is 9.47 Å². The van der Waals surface area contributed by atoms with Gasteiger partial charge in [-0.05, 0) is 38.1 Å². The third-order valence-corrected chi connectivity index (χ3v) is 4.21. The van der Waals surface area contributed by atoms with Crippen LogP contribution in [0.25, 0.3) is 22.2 Å². The monoisotopic (exact) mass is 392 g/mol. The molecule has 0 fully saturated rings. The highest BCUT2D eigenvalue weighted by Crippen LogP contribution is 2.27. The first kappa shape index (κ1) is 20.0. The molecule has 29 heavy (non-hydrogen) atoms. The van der Waals surface area contributed by atoms with E-state index in [1.54, 1.807) is 12.1 Å². The summed E-state index contributed by atoms with van der Waals surface area (Å²) in [5.74, 6) is -0.965. The standard InChI is InChI=1S/C21H20N4O4/c1-13(2)25-20-5-4-15(10-17(20)19(12-22)24-25)18-11-16(6-7-23-18)21(27)29-9-8-28-14(3)26/h4-7,10-11,13H,8-9H2,1-3H3. The molecule has 0 aliphatic heterocycles. The zero-order valence-electron chi connectivity index (χ0n) is 16.4. The van der Waals surface area contributed by atoms with Gasteiger partial charge in [-0.2, -0.15) is 10.4 Å². The number of pyridine rings is 1. The Morgan fingerprint density at radius 1 is 1.17 bits per heavy atom. The van der Waals surface area contributed by atoms with Crippen LogP contribution in [0.3, 0.4) is 0 Å². The van der Waals surface area contributed by atoms with Crippen LogP contribution < -0.4 is 0 Å². The highest BCUT2D eigenvalue weighted by molar-refractivity contribution is 5.92. The van der Waals surface area contributed by atoms with Crippen molar-refractivity contribution in [3.8, 4) is 17.3 Å². The van der Waals surface area contributed by atoms with Crippen LogP contribution in [0.1, 0.15) is 42.9 Å². The summed E-state index contributed by atoms with van der Waals surface area (Å²) in [6.45, 7) is 5.27. The lowest BCUT2D eigenvalue weighted by Crippen LogP contribution is -2.12. The number of aromatic nitrogens is 3. The summed E-state index contributed by atoms with van der Waals surface area (Å²) in [6, 6.07) is 11.0. The van der Waals surface area contributed by atoms with Crippen molar-refractivity contribution in [1.82, 2.24) is 14.8 Å². The molecule has 0 N–H and O–H groups in total. The topological polar surface area (TPSA) is 107 Å². The second kappa shape index (κ2) is 8.52. The van der Waals surface area contributed by atoms with Crippen molar-refractivity contribution in [3.63, 3.8) is 0 Å². The van der Waals surface area contributed by atoms with Crippen LogP contribution in [0, 0.1) is 11.3 Å². The number of carbonyl (C=O) groups is 2. The van der Waals surface area contributed by atoms with E-state index < -0.39 is 11.9 Å². The Labute approximate surface area is 167 Å². The minimum absolute atomic E-state index is 0.00641. The lowest BCUT2D eigenvalue weighted by atomic mass is 10.1. The number of rotatable bonds is 6. The van der Waals surface area contributed by atoms with Crippen molar-refractivity contribution in [2.75, 3.05) is 13.2 Å². The van der Waals surface area contributed by atoms with Crippen LogP contribution in [-0.4, -0.2) is 39.9 Å². The number of ether oxygens (including phenoxy) is 2. The number of hydrogen-bond acceptors (Lipinski definition) is 7. The van der Waals surface area contributed by atoms with E-state index in [0.29, 0.717) is 17.0 Å². The fourth-order valence-electron chi connectivity index (χ4n) is 2.89. The summed E-state index contributed by atoms with van der Waals surface area (Å²) in [7, 11) is 0. The second-order valence-corrected chi connectivity index (χ2v) is 6.64. The van der Waals surface area contributed by atoms with Gasteiger partial charge in [-0.3, -0.25) is 14.5 Å². The average Bonchev–Trinajstić information content (AvgIpc) is 3.09. The summed E-state index contributed by atoms with van der Waals surface area (Å²) in [6.07, 6.45) is 1.52. The molecule has 3 rings (SSSR count). The maximum Gasteiger partial charge on any atom is 0.338 e. The number of fused-ring (bicyclic) bond motifs is 1. The molecule has 0 atom stereocenters. The van der Waals surface area contributed by atoms with Gasteiger partial charge in [-0.25, -0.2) is 4.79 Å². The first-order chi connectivity index (χ1) is 13.9. The first-order valence-corrected chi connectivity index (χ1v) is 9.10. The molecule has 0 saturated heterocycles. The fourth-order valence-corrected chi connectivity index (χ4v) is 2.89. The molecule has 0 radical (unpaired) electrons. The molecule has 0 amide bonds. The second-order valence-electron chi connectivity index (χ2n) is 6.64. The van der Waals surface area contributed by atoms with Gasteiger partial charge >= 0.3 is 11.9 Å². The largest absolute Gasteiger partial charge is 0.462 e.